The van der Waals surface area contributed by atoms with Crippen molar-refractivity contribution in [2.24, 2.45) is 0 Å². The number of hydrogen-bond acceptors (Lipinski definition) is 2. The van der Waals surface area contributed by atoms with Gasteiger partial charge in [-0.1, -0.05) is 79.2 Å². The highest BCUT2D eigenvalue weighted by Gasteiger charge is 2.39. The fourth-order valence-corrected chi connectivity index (χ4v) is 5.22. The van der Waals surface area contributed by atoms with E-state index in [1.807, 2.05) is 11.8 Å². The molecule has 0 amide bonds. The van der Waals surface area contributed by atoms with Crippen LogP contribution >= 0.6 is 27.7 Å². The van der Waals surface area contributed by atoms with Gasteiger partial charge in [0.2, 0.25) is 0 Å². The van der Waals surface area contributed by atoms with Crippen LogP contribution in [0.1, 0.15) is 38.0 Å². The van der Waals surface area contributed by atoms with E-state index in [1.165, 1.54) is 16.0 Å². The second-order valence-electron chi connectivity index (χ2n) is 7.87. The minimum atomic E-state index is -1.80. The zero-order valence-corrected chi connectivity index (χ0v) is 19.3. The lowest BCUT2D eigenvalue weighted by atomic mass is 10.1. The summed E-state index contributed by atoms with van der Waals surface area (Å²) >= 11 is 5.54. The van der Waals surface area contributed by atoms with Crippen LogP contribution in [-0.2, 0) is 10.2 Å². The van der Waals surface area contributed by atoms with Crippen LogP contribution < -0.4 is 0 Å². The summed E-state index contributed by atoms with van der Waals surface area (Å²) in [6.45, 7) is 11.5. The Hall–Kier alpha value is -0.553. The van der Waals surface area contributed by atoms with E-state index in [0.29, 0.717) is 0 Å². The van der Waals surface area contributed by atoms with Gasteiger partial charge in [0.05, 0.1) is 6.10 Å². The normalized spacial score (nSPS) is 13.7. The van der Waals surface area contributed by atoms with Crippen molar-refractivity contribution in [2.45, 2.75) is 55.7 Å². The van der Waals surface area contributed by atoms with E-state index in [2.05, 4.69) is 104 Å². The predicted molar refractivity (Wildman–Crippen MR) is 117 cm³/mol. The summed E-state index contributed by atoms with van der Waals surface area (Å²) < 4.78 is 6.64. The van der Waals surface area contributed by atoms with E-state index in [1.54, 1.807) is 0 Å². The number of alkyl halides is 1. The van der Waals surface area contributed by atoms with E-state index in [-0.39, 0.29) is 11.1 Å². The third-order valence-corrected chi connectivity index (χ3v) is 11.0. The van der Waals surface area contributed by atoms with Crippen molar-refractivity contribution in [1.29, 1.82) is 0 Å². The van der Waals surface area contributed by atoms with Crippen LogP contribution in [0.2, 0.25) is 18.1 Å². The first-order chi connectivity index (χ1) is 11.7. The molecule has 0 spiro atoms. The largest absolute Gasteiger partial charge is 0.409 e. The molecule has 4 heteroatoms. The van der Waals surface area contributed by atoms with Crippen molar-refractivity contribution >= 4 is 36.0 Å². The zero-order chi connectivity index (χ0) is 18.5. The van der Waals surface area contributed by atoms with Gasteiger partial charge in [0.25, 0.3) is 0 Å². The average Bonchev–Trinajstić information content (AvgIpc) is 2.58. The summed E-state index contributed by atoms with van der Waals surface area (Å²) in [7, 11) is -1.80. The Morgan fingerprint density at radius 3 is 2.32 bits per heavy atom. The smallest absolute Gasteiger partial charge is 0.192 e. The van der Waals surface area contributed by atoms with Crippen molar-refractivity contribution in [3.63, 3.8) is 0 Å². The Balaban J connectivity index is 2.10. The maximum Gasteiger partial charge on any atom is 0.192 e. The molecule has 0 saturated heterocycles. The van der Waals surface area contributed by atoms with Crippen LogP contribution in [-0.4, -0.2) is 13.6 Å². The van der Waals surface area contributed by atoms with Gasteiger partial charge in [-0.25, -0.2) is 0 Å². The van der Waals surface area contributed by atoms with Crippen LogP contribution in [0.3, 0.4) is 0 Å². The van der Waals surface area contributed by atoms with Crippen molar-refractivity contribution < 1.29 is 4.43 Å². The van der Waals surface area contributed by atoms with Gasteiger partial charge >= 0.3 is 0 Å². The Kier molecular flexibility index (Phi) is 7.38. The molecular weight excluding hydrogens is 408 g/mol. The van der Waals surface area contributed by atoms with E-state index in [9.17, 15) is 0 Å². The molecule has 0 heterocycles. The van der Waals surface area contributed by atoms with Crippen molar-refractivity contribution in [2.75, 3.05) is 5.33 Å². The van der Waals surface area contributed by atoms with Gasteiger partial charge in [0.15, 0.2) is 8.32 Å². The minimum Gasteiger partial charge on any atom is -0.409 e. The second kappa shape index (κ2) is 8.89. The van der Waals surface area contributed by atoms with Gasteiger partial charge in [-0.05, 0) is 41.4 Å². The molecule has 2 aromatic rings. The van der Waals surface area contributed by atoms with E-state index in [4.69, 9.17) is 4.43 Å². The number of hydrogen-bond donors (Lipinski definition) is 0. The van der Waals surface area contributed by atoms with E-state index in [0.717, 1.165) is 11.1 Å². The van der Waals surface area contributed by atoms with Crippen LogP contribution in [0, 0.1) is 0 Å². The average molecular weight is 438 g/mol. The highest BCUT2D eigenvalue weighted by Crippen LogP contribution is 2.40. The molecule has 0 unspecified atom stereocenters. The first kappa shape index (κ1) is 20.8. The summed E-state index contributed by atoms with van der Waals surface area (Å²) in [5.74, 6) is 0.992. The molecule has 1 atom stereocenters. The third-order valence-electron chi connectivity index (χ3n) is 4.86. The summed E-state index contributed by atoms with van der Waals surface area (Å²) in [6, 6.07) is 19.4. The standard InChI is InChI=1S/C21H29BrOSSi/c1-21(2,3)25(4,5)23-20(15-22)18-12-9-13-19(14-18)24-16-17-10-7-6-8-11-17/h6-14,20H,15-16H2,1-5H3/t20-/m0/s1. The highest BCUT2D eigenvalue weighted by atomic mass is 79.9. The van der Waals surface area contributed by atoms with Crippen molar-refractivity contribution in [3.8, 4) is 0 Å². The molecule has 0 N–H and O–H groups in total. The monoisotopic (exact) mass is 436 g/mol. The minimum absolute atomic E-state index is 0.109. The fraction of sp³-hybridized carbons (Fsp3) is 0.429. The molecule has 0 aliphatic carbocycles. The first-order valence-electron chi connectivity index (χ1n) is 8.73. The van der Waals surface area contributed by atoms with Crippen LogP contribution in [0.4, 0.5) is 0 Å². The third kappa shape index (κ3) is 5.99. The number of rotatable bonds is 7. The van der Waals surface area contributed by atoms with Gasteiger partial charge in [-0.2, -0.15) is 0 Å². The molecule has 2 rings (SSSR count). The van der Waals surface area contributed by atoms with E-state index < -0.39 is 8.32 Å². The van der Waals surface area contributed by atoms with Gasteiger partial charge in [0.1, 0.15) is 0 Å². The molecule has 2 aromatic carbocycles. The van der Waals surface area contributed by atoms with Crippen LogP contribution in [0.15, 0.2) is 59.5 Å². The zero-order valence-electron chi connectivity index (χ0n) is 15.9. The molecule has 0 fully saturated rings. The summed E-state index contributed by atoms with van der Waals surface area (Å²) in [6.07, 6.45) is 0.109. The number of thioether (sulfide) groups is 1. The Labute approximate surface area is 166 Å². The molecular formula is C21H29BrOSSi. The topological polar surface area (TPSA) is 9.23 Å². The molecule has 0 aliphatic rings. The van der Waals surface area contributed by atoms with Crippen molar-refractivity contribution in [3.05, 3.63) is 65.7 Å². The fourth-order valence-electron chi connectivity index (χ4n) is 2.27. The lowest BCUT2D eigenvalue weighted by molar-refractivity contribution is 0.208. The molecule has 1 nitrogen and oxygen atoms in total. The van der Waals surface area contributed by atoms with Gasteiger partial charge < -0.3 is 4.43 Å². The molecule has 0 bridgehead atoms. The lowest BCUT2D eigenvalue weighted by Gasteiger charge is -2.39. The second-order valence-corrected chi connectivity index (χ2v) is 14.3. The number of halogens is 1. The highest BCUT2D eigenvalue weighted by molar-refractivity contribution is 9.09. The first-order valence-corrected chi connectivity index (χ1v) is 13.7. The quantitative estimate of drug-likeness (QED) is 0.253. The molecule has 136 valence electrons. The summed E-state index contributed by atoms with van der Waals surface area (Å²) in [4.78, 5) is 1.30. The SMILES string of the molecule is CC(C)(C)[Si](C)(C)O[C@@H](CBr)c1cccc(SCc2ccccc2)c1. The Morgan fingerprint density at radius 2 is 1.72 bits per heavy atom. The summed E-state index contributed by atoms with van der Waals surface area (Å²) in [5.41, 5.74) is 2.62. The molecule has 0 aromatic heterocycles. The Morgan fingerprint density at radius 1 is 1.04 bits per heavy atom. The number of benzene rings is 2. The van der Waals surface area contributed by atoms with Crippen molar-refractivity contribution in [1.82, 2.24) is 0 Å². The maximum atomic E-state index is 6.64. The Bertz CT molecular complexity index is 667. The maximum absolute atomic E-state index is 6.64. The molecule has 25 heavy (non-hydrogen) atoms. The predicted octanol–water partition coefficient (Wildman–Crippen LogP) is 7.44. The molecule has 0 aliphatic heterocycles. The molecule has 0 radical (unpaired) electrons. The molecule has 0 saturated carbocycles. The van der Waals surface area contributed by atoms with Crippen LogP contribution in [0.5, 0.6) is 0 Å². The van der Waals surface area contributed by atoms with Gasteiger partial charge in [-0.3, -0.25) is 0 Å². The van der Waals surface area contributed by atoms with E-state index >= 15 is 0 Å². The van der Waals surface area contributed by atoms with Gasteiger partial charge in [-0.15, -0.1) is 11.8 Å². The van der Waals surface area contributed by atoms with Gasteiger partial charge in [0, 0.05) is 16.0 Å². The summed E-state index contributed by atoms with van der Waals surface area (Å²) in [5, 5.41) is 1.04. The van der Waals surface area contributed by atoms with Crippen LogP contribution in [0.25, 0.3) is 0 Å². The lowest BCUT2D eigenvalue weighted by Crippen LogP contribution is -2.42.